The zero-order valence-electron chi connectivity index (χ0n) is 12.3. The van der Waals surface area contributed by atoms with Crippen molar-refractivity contribution in [3.8, 4) is 0 Å². The number of aromatic nitrogens is 2. The topological polar surface area (TPSA) is 96.4 Å². The van der Waals surface area contributed by atoms with Crippen molar-refractivity contribution in [3.63, 3.8) is 0 Å². The maximum Gasteiger partial charge on any atom is 0.188 e. The molecule has 0 amide bonds. The highest BCUT2D eigenvalue weighted by molar-refractivity contribution is 7.11. The van der Waals surface area contributed by atoms with Crippen molar-refractivity contribution >= 4 is 17.2 Å². The quantitative estimate of drug-likeness (QED) is 0.340. The van der Waals surface area contributed by atoms with E-state index in [1.807, 2.05) is 19.9 Å². The van der Waals surface area contributed by atoms with Gasteiger partial charge in [0.05, 0.1) is 10.7 Å². The number of oxime groups is 1. The van der Waals surface area contributed by atoms with Crippen molar-refractivity contribution in [3.05, 3.63) is 45.2 Å². The molecule has 0 aliphatic carbocycles. The van der Waals surface area contributed by atoms with Crippen molar-refractivity contribution in [1.29, 1.82) is 0 Å². The fraction of sp³-hybridized carbons (Fsp3) is 0.357. The van der Waals surface area contributed by atoms with Crippen molar-refractivity contribution in [1.82, 2.24) is 15.3 Å². The molecule has 2 aromatic rings. The first-order valence-corrected chi connectivity index (χ1v) is 7.43. The van der Waals surface area contributed by atoms with Crippen LogP contribution in [0, 0.1) is 13.8 Å². The van der Waals surface area contributed by atoms with E-state index in [0.717, 1.165) is 16.3 Å². The number of rotatable bonds is 5. The van der Waals surface area contributed by atoms with E-state index in [-0.39, 0.29) is 11.9 Å². The van der Waals surface area contributed by atoms with Gasteiger partial charge in [0.25, 0.3) is 0 Å². The number of amidine groups is 1. The first-order valence-electron chi connectivity index (χ1n) is 6.61. The molecule has 21 heavy (non-hydrogen) atoms. The van der Waals surface area contributed by atoms with Crippen LogP contribution < -0.4 is 11.1 Å². The van der Waals surface area contributed by atoms with E-state index in [2.05, 4.69) is 27.4 Å². The molecule has 1 atom stereocenters. The highest BCUT2D eigenvalue weighted by atomic mass is 32.1. The first kappa shape index (κ1) is 15.4. The zero-order chi connectivity index (χ0) is 15.4. The Balaban J connectivity index is 2.04. The van der Waals surface area contributed by atoms with Crippen LogP contribution in [0.25, 0.3) is 0 Å². The molecular formula is C14H19N5OS. The number of nitrogens with two attached hydrogens (primary N) is 1. The van der Waals surface area contributed by atoms with Crippen molar-refractivity contribution in [2.45, 2.75) is 33.4 Å². The maximum atomic E-state index is 8.68. The van der Waals surface area contributed by atoms with Gasteiger partial charge in [-0.15, -0.1) is 11.3 Å². The summed E-state index contributed by atoms with van der Waals surface area (Å²) in [6.07, 6.45) is 1.65. The van der Waals surface area contributed by atoms with Crippen LogP contribution in [-0.2, 0) is 6.54 Å². The third kappa shape index (κ3) is 3.77. The molecule has 6 nitrogen and oxygen atoms in total. The van der Waals surface area contributed by atoms with Gasteiger partial charge in [0.1, 0.15) is 5.69 Å². The van der Waals surface area contributed by atoms with Crippen LogP contribution in [0.1, 0.15) is 39.8 Å². The number of nitrogens with one attached hydrogen (secondary N) is 1. The number of hydrogen-bond donors (Lipinski definition) is 3. The molecule has 112 valence electrons. The summed E-state index contributed by atoms with van der Waals surface area (Å²) >= 11 is 1.71. The molecule has 0 fully saturated rings. The fourth-order valence-corrected chi connectivity index (χ4v) is 3.04. The average Bonchev–Trinajstić information content (AvgIpc) is 2.83. The normalized spacial score (nSPS) is 13.4. The molecular weight excluding hydrogens is 286 g/mol. The van der Waals surface area contributed by atoms with Crippen molar-refractivity contribution in [2.75, 3.05) is 0 Å². The smallest absolute Gasteiger partial charge is 0.188 e. The van der Waals surface area contributed by atoms with Gasteiger partial charge in [-0.3, -0.25) is 4.98 Å². The highest BCUT2D eigenvalue weighted by Crippen LogP contribution is 2.24. The molecule has 2 aromatic heterocycles. The second-order valence-corrected chi connectivity index (χ2v) is 6.05. The molecule has 0 saturated carbocycles. The summed E-state index contributed by atoms with van der Waals surface area (Å²) in [5.74, 6) is 0.0128. The van der Waals surface area contributed by atoms with E-state index >= 15 is 0 Å². The summed E-state index contributed by atoms with van der Waals surface area (Å²) in [5.41, 5.74) is 8.11. The van der Waals surface area contributed by atoms with E-state index in [4.69, 9.17) is 10.9 Å². The lowest BCUT2D eigenvalue weighted by molar-refractivity contribution is 0.318. The monoisotopic (exact) mass is 305 g/mol. The minimum atomic E-state index is 0.0128. The van der Waals surface area contributed by atoms with Gasteiger partial charge in [-0.25, -0.2) is 4.98 Å². The van der Waals surface area contributed by atoms with E-state index < -0.39 is 0 Å². The third-order valence-corrected chi connectivity index (χ3v) is 4.40. The molecule has 2 rings (SSSR count). The molecule has 0 bridgehead atoms. The minimum absolute atomic E-state index is 0.0128. The summed E-state index contributed by atoms with van der Waals surface area (Å²) in [6, 6.07) is 3.93. The molecule has 7 heteroatoms. The lowest BCUT2D eigenvalue weighted by Crippen LogP contribution is -2.19. The molecule has 1 unspecified atom stereocenters. The SMILES string of the molecule is Cc1nc(C)c(C(C)NCc2ccnc(C(N)=NO)c2)s1. The second-order valence-electron chi connectivity index (χ2n) is 4.82. The number of nitrogens with zero attached hydrogens (tertiary/aromatic N) is 3. The third-order valence-electron chi connectivity index (χ3n) is 3.14. The van der Waals surface area contributed by atoms with E-state index in [0.29, 0.717) is 12.2 Å². The number of pyridine rings is 1. The van der Waals surface area contributed by atoms with Crippen molar-refractivity contribution < 1.29 is 5.21 Å². The summed E-state index contributed by atoms with van der Waals surface area (Å²) in [6.45, 7) is 6.83. The Morgan fingerprint density at radius 3 is 2.90 bits per heavy atom. The van der Waals surface area contributed by atoms with E-state index in [9.17, 15) is 0 Å². The van der Waals surface area contributed by atoms with Crippen LogP contribution in [-0.4, -0.2) is 21.0 Å². The molecule has 0 aliphatic heterocycles. The summed E-state index contributed by atoms with van der Waals surface area (Å²) in [5, 5.41) is 16.2. The van der Waals surface area contributed by atoms with E-state index in [1.165, 1.54) is 4.88 Å². The van der Waals surface area contributed by atoms with Gasteiger partial charge < -0.3 is 16.3 Å². The number of thiazole rings is 1. The standard InChI is InChI=1S/C14H19N5OS/c1-8(13-9(2)18-10(3)21-13)17-7-11-4-5-16-12(6-11)14(15)19-20/h4-6,8,17,20H,7H2,1-3H3,(H2,15,19). The Bertz CT molecular complexity index is 653. The minimum Gasteiger partial charge on any atom is -0.409 e. The van der Waals surface area contributed by atoms with Gasteiger partial charge in [-0.05, 0) is 38.5 Å². The van der Waals surface area contributed by atoms with Crippen LogP contribution in [0.15, 0.2) is 23.5 Å². The largest absolute Gasteiger partial charge is 0.409 e. The predicted molar refractivity (Wildman–Crippen MR) is 83.6 cm³/mol. The molecule has 0 radical (unpaired) electrons. The van der Waals surface area contributed by atoms with Crippen LogP contribution in [0.4, 0.5) is 0 Å². The van der Waals surface area contributed by atoms with Crippen molar-refractivity contribution in [2.24, 2.45) is 10.9 Å². The number of hydrogen-bond acceptors (Lipinski definition) is 6. The van der Waals surface area contributed by atoms with Gasteiger partial charge in [0, 0.05) is 23.7 Å². The Morgan fingerprint density at radius 1 is 1.52 bits per heavy atom. The lowest BCUT2D eigenvalue weighted by atomic mass is 10.2. The predicted octanol–water partition coefficient (Wildman–Crippen LogP) is 2.10. The fourth-order valence-electron chi connectivity index (χ4n) is 2.09. The highest BCUT2D eigenvalue weighted by Gasteiger charge is 2.12. The van der Waals surface area contributed by atoms with Gasteiger partial charge >= 0.3 is 0 Å². The van der Waals surface area contributed by atoms with Gasteiger partial charge in [-0.1, -0.05) is 5.16 Å². The summed E-state index contributed by atoms with van der Waals surface area (Å²) < 4.78 is 0. The molecule has 0 aromatic carbocycles. The number of aryl methyl sites for hydroxylation is 2. The summed E-state index contributed by atoms with van der Waals surface area (Å²) in [7, 11) is 0. The van der Waals surface area contributed by atoms with Crippen LogP contribution in [0.2, 0.25) is 0 Å². The molecule has 2 heterocycles. The molecule has 4 N–H and O–H groups in total. The Kier molecular flexibility index (Phi) is 4.87. The second kappa shape index (κ2) is 6.64. The van der Waals surface area contributed by atoms with E-state index in [1.54, 1.807) is 23.6 Å². The molecule has 0 saturated heterocycles. The van der Waals surface area contributed by atoms with Gasteiger partial charge in [-0.2, -0.15) is 0 Å². The average molecular weight is 305 g/mol. The summed E-state index contributed by atoms with van der Waals surface area (Å²) in [4.78, 5) is 9.75. The molecule has 0 aliphatic rings. The molecule has 0 spiro atoms. The van der Waals surface area contributed by atoms with Crippen LogP contribution >= 0.6 is 11.3 Å². The Labute approximate surface area is 127 Å². The maximum absolute atomic E-state index is 8.68. The van der Waals surface area contributed by atoms with Crippen LogP contribution in [0.5, 0.6) is 0 Å². The Hall–Kier alpha value is -1.99. The van der Waals surface area contributed by atoms with Gasteiger partial charge in [0.15, 0.2) is 5.84 Å². The van der Waals surface area contributed by atoms with Gasteiger partial charge in [0.2, 0.25) is 0 Å². The lowest BCUT2D eigenvalue weighted by Gasteiger charge is -2.13. The van der Waals surface area contributed by atoms with Crippen LogP contribution in [0.3, 0.4) is 0 Å². The Morgan fingerprint density at radius 2 is 2.29 bits per heavy atom. The zero-order valence-corrected chi connectivity index (χ0v) is 13.1. The first-order chi connectivity index (χ1) is 10.0.